The molecular formula is C32H32FN3O5S. The van der Waals surface area contributed by atoms with Crippen LogP contribution in [0.3, 0.4) is 0 Å². The summed E-state index contributed by atoms with van der Waals surface area (Å²) in [6, 6.07) is 28.1. The Kier molecular flexibility index (Phi) is 9.93. The molecule has 0 aromatic heterocycles. The van der Waals surface area contributed by atoms with Crippen LogP contribution in [0.2, 0.25) is 0 Å². The summed E-state index contributed by atoms with van der Waals surface area (Å²) in [5, 5.41) is 2.60. The third-order valence-corrected chi connectivity index (χ3v) is 8.56. The van der Waals surface area contributed by atoms with Gasteiger partial charge in [0.05, 0.1) is 17.7 Å². The fourth-order valence-electron chi connectivity index (χ4n) is 4.54. The summed E-state index contributed by atoms with van der Waals surface area (Å²) in [6.45, 7) is -0.908. The largest absolute Gasteiger partial charge is 0.497 e. The van der Waals surface area contributed by atoms with E-state index in [1.807, 2.05) is 30.3 Å². The van der Waals surface area contributed by atoms with Crippen LogP contribution in [0.5, 0.6) is 5.75 Å². The second kappa shape index (κ2) is 13.8. The third-order valence-electron chi connectivity index (χ3n) is 6.77. The highest BCUT2D eigenvalue weighted by molar-refractivity contribution is 7.92. The van der Waals surface area contributed by atoms with Gasteiger partial charge < -0.3 is 15.0 Å². The van der Waals surface area contributed by atoms with E-state index in [2.05, 4.69) is 5.32 Å². The molecule has 10 heteroatoms. The molecule has 218 valence electrons. The average Bonchev–Trinajstić information content (AvgIpc) is 3.02. The molecule has 2 amide bonds. The number of sulfonamides is 1. The minimum absolute atomic E-state index is 0.0200. The molecule has 0 aliphatic rings. The van der Waals surface area contributed by atoms with Gasteiger partial charge >= 0.3 is 0 Å². The maximum absolute atomic E-state index is 14.8. The van der Waals surface area contributed by atoms with Crippen molar-refractivity contribution >= 4 is 27.5 Å². The summed E-state index contributed by atoms with van der Waals surface area (Å²) in [4.78, 5) is 28.7. The van der Waals surface area contributed by atoms with Gasteiger partial charge in [0.1, 0.15) is 24.2 Å². The number of methoxy groups -OCH3 is 1. The predicted molar refractivity (Wildman–Crippen MR) is 159 cm³/mol. The number of carbonyl (C=O) groups is 2. The average molecular weight is 590 g/mol. The molecule has 4 aromatic carbocycles. The molecular weight excluding hydrogens is 557 g/mol. The number of nitrogens with one attached hydrogen (secondary N) is 1. The Morgan fingerprint density at radius 3 is 2.17 bits per heavy atom. The van der Waals surface area contributed by atoms with Crippen LogP contribution in [0.25, 0.3) is 0 Å². The molecule has 0 bridgehead atoms. The van der Waals surface area contributed by atoms with E-state index in [4.69, 9.17) is 4.74 Å². The first-order valence-corrected chi connectivity index (χ1v) is 14.7. The molecule has 1 N–H and O–H groups in total. The second-order valence-corrected chi connectivity index (χ2v) is 11.3. The number of hydrogen-bond donors (Lipinski definition) is 1. The number of amides is 2. The number of anilines is 1. The summed E-state index contributed by atoms with van der Waals surface area (Å²) < 4.78 is 49.0. The van der Waals surface area contributed by atoms with Crippen molar-refractivity contribution in [3.63, 3.8) is 0 Å². The Morgan fingerprint density at radius 2 is 1.52 bits per heavy atom. The number of likely N-dealkylation sites (N-methyl/N-ethyl adjacent to an activating group) is 1. The third kappa shape index (κ3) is 7.13. The van der Waals surface area contributed by atoms with Gasteiger partial charge in [-0.15, -0.1) is 0 Å². The zero-order chi connectivity index (χ0) is 30.1. The lowest BCUT2D eigenvalue weighted by molar-refractivity contribution is -0.139. The summed E-state index contributed by atoms with van der Waals surface area (Å²) in [5.74, 6) is -1.32. The van der Waals surface area contributed by atoms with E-state index in [-0.39, 0.29) is 29.1 Å². The predicted octanol–water partition coefficient (Wildman–Crippen LogP) is 4.42. The molecule has 1 atom stereocenters. The zero-order valence-corrected chi connectivity index (χ0v) is 24.1. The molecule has 0 aliphatic heterocycles. The molecule has 0 fully saturated rings. The van der Waals surface area contributed by atoms with Gasteiger partial charge in [-0.3, -0.25) is 13.9 Å². The Bertz CT molecular complexity index is 1620. The number of ether oxygens (including phenoxy) is 1. The molecule has 0 aliphatic carbocycles. The number of hydrogen-bond acceptors (Lipinski definition) is 5. The van der Waals surface area contributed by atoms with E-state index in [1.54, 1.807) is 42.5 Å². The first-order valence-electron chi connectivity index (χ1n) is 13.2. The van der Waals surface area contributed by atoms with Crippen LogP contribution in [0.4, 0.5) is 10.1 Å². The van der Waals surface area contributed by atoms with Gasteiger partial charge in [-0.1, -0.05) is 72.8 Å². The van der Waals surface area contributed by atoms with Gasteiger partial charge in [0.2, 0.25) is 11.8 Å². The molecule has 0 spiro atoms. The van der Waals surface area contributed by atoms with Crippen LogP contribution in [-0.4, -0.2) is 51.9 Å². The van der Waals surface area contributed by atoms with Crippen molar-refractivity contribution in [3.8, 4) is 5.75 Å². The summed E-state index contributed by atoms with van der Waals surface area (Å²) in [5.41, 5.74) is 1.16. The van der Waals surface area contributed by atoms with Crippen molar-refractivity contribution in [1.82, 2.24) is 10.2 Å². The topological polar surface area (TPSA) is 96.0 Å². The van der Waals surface area contributed by atoms with Gasteiger partial charge in [0.25, 0.3) is 10.0 Å². The Hall–Kier alpha value is -4.70. The normalized spacial score (nSPS) is 11.8. The number of carbonyl (C=O) groups excluding carboxylic acids is 2. The number of halogens is 1. The second-order valence-electron chi connectivity index (χ2n) is 9.46. The molecule has 0 heterocycles. The maximum Gasteiger partial charge on any atom is 0.264 e. The van der Waals surface area contributed by atoms with Crippen LogP contribution < -0.4 is 14.4 Å². The minimum Gasteiger partial charge on any atom is -0.497 e. The van der Waals surface area contributed by atoms with Crippen LogP contribution in [0, 0.1) is 5.82 Å². The van der Waals surface area contributed by atoms with Gasteiger partial charge in [-0.2, -0.15) is 0 Å². The van der Waals surface area contributed by atoms with E-state index < -0.39 is 40.2 Å². The molecule has 4 rings (SSSR count). The van der Waals surface area contributed by atoms with Crippen LogP contribution in [-0.2, 0) is 32.6 Å². The van der Waals surface area contributed by atoms with Crippen LogP contribution in [0.15, 0.2) is 114 Å². The van der Waals surface area contributed by atoms with Crippen molar-refractivity contribution in [1.29, 1.82) is 0 Å². The molecule has 0 saturated carbocycles. The van der Waals surface area contributed by atoms with E-state index in [0.29, 0.717) is 5.75 Å². The smallest absolute Gasteiger partial charge is 0.264 e. The highest BCUT2D eigenvalue weighted by Gasteiger charge is 2.34. The van der Waals surface area contributed by atoms with Gasteiger partial charge in [-0.25, -0.2) is 12.8 Å². The molecule has 42 heavy (non-hydrogen) atoms. The first-order chi connectivity index (χ1) is 20.2. The van der Waals surface area contributed by atoms with Crippen molar-refractivity contribution in [3.05, 3.63) is 126 Å². The van der Waals surface area contributed by atoms with E-state index in [9.17, 15) is 22.4 Å². The quantitative estimate of drug-likeness (QED) is 0.264. The number of rotatable bonds is 12. The van der Waals surface area contributed by atoms with Crippen LogP contribution >= 0.6 is 0 Å². The lowest BCUT2D eigenvalue weighted by Gasteiger charge is -2.33. The zero-order valence-electron chi connectivity index (χ0n) is 23.3. The highest BCUT2D eigenvalue weighted by Crippen LogP contribution is 2.28. The summed E-state index contributed by atoms with van der Waals surface area (Å²) in [7, 11) is -1.34. The van der Waals surface area contributed by atoms with Crippen molar-refractivity contribution in [2.75, 3.05) is 25.0 Å². The van der Waals surface area contributed by atoms with Crippen molar-refractivity contribution in [2.45, 2.75) is 23.9 Å². The van der Waals surface area contributed by atoms with Crippen LogP contribution in [0.1, 0.15) is 11.1 Å². The van der Waals surface area contributed by atoms with Gasteiger partial charge in [-0.05, 0) is 35.9 Å². The molecule has 0 radical (unpaired) electrons. The Morgan fingerprint density at radius 1 is 0.881 bits per heavy atom. The summed E-state index contributed by atoms with van der Waals surface area (Å²) in [6.07, 6.45) is 0.130. The fraction of sp³-hybridized carbons (Fsp3) is 0.188. The first kappa shape index (κ1) is 30.3. The minimum atomic E-state index is -4.24. The lowest BCUT2D eigenvalue weighted by Crippen LogP contribution is -2.53. The maximum atomic E-state index is 14.8. The Balaban J connectivity index is 1.80. The lowest BCUT2D eigenvalue weighted by atomic mass is 10.0. The number of benzene rings is 4. The van der Waals surface area contributed by atoms with Crippen molar-refractivity contribution < 1.29 is 27.1 Å². The van der Waals surface area contributed by atoms with Gasteiger partial charge in [0, 0.05) is 31.6 Å². The summed E-state index contributed by atoms with van der Waals surface area (Å²) >= 11 is 0. The number of nitrogens with zero attached hydrogens (tertiary/aromatic N) is 2. The van der Waals surface area contributed by atoms with Crippen molar-refractivity contribution in [2.24, 2.45) is 0 Å². The SMILES string of the molecule is CNC(=O)[C@H](Cc1ccccc1)N(Cc1ccccc1F)C(=O)CN(c1cccc(OC)c1)S(=O)(=O)c1ccccc1. The Labute approximate surface area is 245 Å². The van der Waals surface area contributed by atoms with E-state index in [0.717, 1.165) is 9.87 Å². The molecule has 4 aromatic rings. The standard InChI is InChI=1S/C32H32FN3O5S/c1-34-32(38)30(20-24-12-5-3-6-13-24)35(22-25-14-9-10-19-29(25)33)31(37)23-36(26-15-11-16-27(21-26)41-2)42(39,40)28-17-7-4-8-18-28/h3-19,21,30H,20,22-23H2,1-2H3,(H,34,38)/t30-/m0/s1. The highest BCUT2D eigenvalue weighted by atomic mass is 32.2. The van der Waals surface area contributed by atoms with Gasteiger partial charge in [0.15, 0.2) is 0 Å². The molecule has 8 nitrogen and oxygen atoms in total. The van der Waals surface area contributed by atoms with E-state index in [1.165, 1.54) is 55.5 Å². The molecule has 0 saturated heterocycles. The molecule has 0 unspecified atom stereocenters. The fourth-order valence-corrected chi connectivity index (χ4v) is 5.97. The monoisotopic (exact) mass is 589 g/mol. The van der Waals surface area contributed by atoms with E-state index >= 15 is 0 Å².